The van der Waals surface area contributed by atoms with E-state index < -0.39 is 0 Å². The molecule has 0 radical (unpaired) electrons. The Hall–Kier alpha value is -3.98. The van der Waals surface area contributed by atoms with Crippen LogP contribution in [0.4, 0.5) is 17.5 Å². The Labute approximate surface area is 167 Å². The van der Waals surface area contributed by atoms with Gasteiger partial charge in [0.15, 0.2) is 11.5 Å². The molecule has 6 rings (SSSR count). The van der Waals surface area contributed by atoms with Gasteiger partial charge in [-0.05, 0) is 29.7 Å². The van der Waals surface area contributed by atoms with E-state index in [2.05, 4.69) is 71.8 Å². The first-order valence-electron chi connectivity index (χ1n) is 8.94. The van der Waals surface area contributed by atoms with Crippen molar-refractivity contribution in [3.05, 3.63) is 55.0 Å². The van der Waals surface area contributed by atoms with Crippen molar-refractivity contribution in [1.82, 2.24) is 30.1 Å². The topological polar surface area (TPSA) is 121 Å². The summed E-state index contributed by atoms with van der Waals surface area (Å²) in [5, 5.41) is 12.9. The summed E-state index contributed by atoms with van der Waals surface area (Å²) in [5.74, 6) is 0.747. The Balaban J connectivity index is 1.52. The summed E-state index contributed by atoms with van der Waals surface area (Å²) >= 11 is 1.75. The molecule has 0 aliphatic carbocycles. The molecule has 0 bridgehead atoms. The zero-order chi connectivity index (χ0) is 19.4. The maximum Gasteiger partial charge on any atom is 0.224 e. The summed E-state index contributed by atoms with van der Waals surface area (Å²) in [6.07, 6.45) is 3.39. The molecule has 9 heteroatoms. The number of anilines is 3. The summed E-state index contributed by atoms with van der Waals surface area (Å²) in [6.45, 7) is 0. The number of hydrogen-bond donors (Lipinski definition) is 4. The average molecular weight is 398 g/mol. The number of hydrogen-bond acceptors (Lipinski definition) is 7. The van der Waals surface area contributed by atoms with Crippen molar-refractivity contribution in [3.63, 3.8) is 0 Å². The summed E-state index contributed by atoms with van der Waals surface area (Å²) in [7, 11) is 0. The van der Waals surface area contributed by atoms with E-state index in [4.69, 9.17) is 5.73 Å². The lowest BCUT2D eigenvalue weighted by molar-refractivity contribution is 1.12. The summed E-state index contributed by atoms with van der Waals surface area (Å²) in [5.41, 5.74) is 10.0. The number of benzene rings is 2. The first-order valence-corrected chi connectivity index (χ1v) is 9.76. The third-order valence-electron chi connectivity index (χ3n) is 4.81. The normalized spacial score (nSPS) is 11.6. The van der Waals surface area contributed by atoms with Gasteiger partial charge < -0.3 is 16.0 Å². The third-order valence-corrected chi connectivity index (χ3v) is 5.95. The van der Waals surface area contributed by atoms with Gasteiger partial charge in [-0.2, -0.15) is 15.1 Å². The highest BCUT2D eigenvalue weighted by atomic mass is 32.1. The van der Waals surface area contributed by atoms with Gasteiger partial charge in [-0.3, -0.25) is 5.10 Å². The lowest BCUT2D eigenvalue weighted by Crippen LogP contribution is -2.01. The monoisotopic (exact) mass is 398 g/mol. The molecule has 0 saturated heterocycles. The Morgan fingerprint density at radius 3 is 2.86 bits per heavy atom. The number of aromatic amines is 2. The third kappa shape index (κ3) is 2.59. The minimum absolute atomic E-state index is 0.168. The van der Waals surface area contributed by atoms with Gasteiger partial charge in [-0.25, -0.2) is 4.98 Å². The van der Waals surface area contributed by atoms with E-state index in [-0.39, 0.29) is 5.95 Å². The molecule has 29 heavy (non-hydrogen) atoms. The van der Waals surface area contributed by atoms with Crippen molar-refractivity contribution < 1.29 is 0 Å². The van der Waals surface area contributed by atoms with Crippen LogP contribution in [-0.4, -0.2) is 30.1 Å². The molecule has 2 aromatic carbocycles. The minimum Gasteiger partial charge on any atom is -0.368 e. The Kier molecular flexibility index (Phi) is 3.32. The quantitative estimate of drug-likeness (QED) is 0.350. The largest absolute Gasteiger partial charge is 0.368 e. The zero-order valence-electron chi connectivity index (χ0n) is 15.0. The van der Waals surface area contributed by atoms with Crippen LogP contribution >= 0.6 is 11.3 Å². The number of aromatic nitrogens is 6. The van der Waals surface area contributed by atoms with Crippen LogP contribution in [0.15, 0.2) is 55.0 Å². The highest BCUT2D eigenvalue weighted by molar-refractivity contribution is 7.22. The Bertz CT molecular complexity index is 1480. The number of rotatable bonds is 3. The molecular weight excluding hydrogens is 384 g/mol. The van der Waals surface area contributed by atoms with Gasteiger partial charge in [0.2, 0.25) is 5.95 Å². The molecule has 4 aromatic heterocycles. The first kappa shape index (κ1) is 16.0. The fraction of sp³-hybridized carbons (Fsp3) is 0. The van der Waals surface area contributed by atoms with Crippen LogP contribution < -0.4 is 11.1 Å². The number of H-pyrrole nitrogens is 2. The number of imidazole rings is 1. The number of thiophene rings is 1. The molecule has 4 heterocycles. The number of nitrogens with two attached hydrogens (primary N) is 1. The molecule has 0 atom stereocenters. The molecule has 5 N–H and O–H groups in total. The van der Waals surface area contributed by atoms with E-state index in [0.29, 0.717) is 17.0 Å². The summed E-state index contributed by atoms with van der Waals surface area (Å²) < 4.78 is 1.25. The van der Waals surface area contributed by atoms with Crippen LogP contribution in [0, 0.1) is 0 Å². The number of nitrogen functional groups attached to an aromatic ring is 1. The predicted molar refractivity (Wildman–Crippen MR) is 116 cm³/mol. The van der Waals surface area contributed by atoms with Crippen molar-refractivity contribution in [1.29, 1.82) is 0 Å². The van der Waals surface area contributed by atoms with Crippen LogP contribution in [0.1, 0.15) is 0 Å². The molecule has 140 valence electrons. The van der Waals surface area contributed by atoms with Gasteiger partial charge in [0, 0.05) is 26.2 Å². The van der Waals surface area contributed by atoms with Crippen molar-refractivity contribution in [2.75, 3.05) is 11.1 Å². The van der Waals surface area contributed by atoms with Crippen LogP contribution in [0.25, 0.3) is 42.6 Å². The average Bonchev–Trinajstić information content (AvgIpc) is 3.45. The van der Waals surface area contributed by atoms with Crippen molar-refractivity contribution in [3.8, 4) is 10.4 Å². The molecule has 0 fully saturated rings. The molecule has 0 aliphatic heterocycles. The molecule has 8 nitrogen and oxygen atoms in total. The standard InChI is InChI=1S/C20H14N8S/c21-20-26-18-17(22-9-23-18)19(27-20)25-12-5-11-8-24-28-16(11)13(7-12)15-6-10-3-1-2-4-14(10)29-15/h1-9H,(H,24,28)(H4,21,22,23,25,26,27). The lowest BCUT2D eigenvalue weighted by Gasteiger charge is -2.09. The van der Waals surface area contributed by atoms with Gasteiger partial charge in [-0.1, -0.05) is 18.2 Å². The number of fused-ring (bicyclic) bond motifs is 3. The van der Waals surface area contributed by atoms with Gasteiger partial charge in [0.25, 0.3) is 0 Å². The number of nitrogens with one attached hydrogen (secondary N) is 3. The van der Waals surface area contributed by atoms with Gasteiger partial charge >= 0.3 is 0 Å². The molecule has 0 amide bonds. The molecule has 0 unspecified atom stereocenters. The van der Waals surface area contributed by atoms with E-state index in [0.717, 1.165) is 27.0 Å². The van der Waals surface area contributed by atoms with Crippen LogP contribution in [0.3, 0.4) is 0 Å². The second-order valence-electron chi connectivity index (χ2n) is 6.66. The summed E-state index contributed by atoms with van der Waals surface area (Å²) in [4.78, 5) is 16.9. The predicted octanol–water partition coefficient (Wildman–Crippen LogP) is 4.44. The molecule has 0 spiro atoms. The Morgan fingerprint density at radius 2 is 1.93 bits per heavy atom. The molecule has 6 aromatic rings. The van der Waals surface area contributed by atoms with E-state index >= 15 is 0 Å². The fourth-order valence-electron chi connectivity index (χ4n) is 3.52. The van der Waals surface area contributed by atoms with Crippen LogP contribution in [0.2, 0.25) is 0 Å². The Morgan fingerprint density at radius 1 is 1.00 bits per heavy atom. The van der Waals surface area contributed by atoms with Gasteiger partial charge in [0.1, 0.15) is 5.52 Å². The van der Waals surface area contributed by atoms with Crippen molar-refractivity contribution in [2.45, 2.75) is 0 Å². The molecular formula is C20H14N8S. The van der Waals surface area contributed by atoms with Crippen molar-refractivity contribution >= 4 is 60.9 Å². The second-order valence-corrected chi connectivity index (χ2v) is 7.75. The highest BCUT2D eigenvalue weighted by Gasteiger charge is 2.14. The molecule has 0 aliphatic rings. The minimum atomic E-state index is 0.168. The van der Waals surface area contributed by atoms with E-state index in [1.807, 2.05) is 12.3 Å². The SMILES string of the molecule is Nc1nc(Nc2cc(-c3cc4ccccc4s3)c3[nH]ncc3c2)c2[nH]cnc2n1. The maximum absolute atomic E-state index is 5.85. The van der Waals surface area contributed by atoms with Crippen LogP contribution in [-0.2, 0) is 0 Å². The van der Waals surface area contributed by atoms with Crippen molar-refractivity contribution in [2.24, 2.45) is 0 Å². The van der Waals surface area contributed by atoms with Crippen LogP contribution in [0.5, 0.6) is 0 Å². The maximum atomic E-state index is 5.85. The van der Waals surface area contributed by atoms with Gasteiger partial charge in [0.05, 0.1) is 18.0 Å². The zero-order valence-corrected chi connectivity index (χ0v) is 15.8. The van der Waals surface area contributed by atoms with E-state index in [1.54, 1.807) is 17.7 Å². The smallest absolute Gasteiger partial charge is 0.224 e. The number of nitrogens with zero attached hydrogens (tertiary/aromatic N) is 4. The fourth-order valence-corrected chi connectivity index (χ4v) is 4.60. The second kappa shape index (κ2) is 6.01. The lowest BCUT2D eigenvalue weighted by atomic mass is 10.1. The molecule has 0 saturated carbocycles. The summed E-state index contributed by atoms with van der Waals surface area (Å²) in [6, 6.07) is 14.7. The highest BCUT2D eigenvalue weighted by Crippen LogP contribution is 2.38. The first-order chi connectivity index (χ1) is 14.2. The van der Waals surface area contributed by atoms with Gasteiger partial charge in [-0.15, -0.1) is 11.3 Å². The van der Waals surface area contributed by atoms with E-state index in [9.17, 15) is 0 Å². The van der Waals surface area contributed by atoms with E-state index in [1.165, 1.54) is 10.1 Å².